The Hall–Kier alpha value is -4.90. The summed E-state index contributed by atoms with van der Waals surface area (Å²) in [7, 11) is 3.16. The number of hydrogen-bond acceptors (Lipinski definition) is 6. The lowest BCUT2D eigenvalue weighted by atomic mass is 10.1. The van der Waals surface area contributed by atoms with Crippen molar-refractivity contribution >= 4 is 51.5 Å². The van der Waals surface area contributed by atoms with E-state index in [0.29, 0.717) is 54.9 Å². The van der Waals surface area contributed by atoms with Crippen LogP contribution in [-0.2, 0) is 20.6 Å². The van der Waals surface area contributed by atoms with Gasteiger partial charge in [0.1, 0.15) is 0 Å². The molecule has 1 fully saturated rings. The summed E-state index contributed by atoms with van der Waals surface area (Å²) in [5.41, 5.74) is 5.22. The first kappa shape index (κ1) is 28.2. The summed E-state index contributed by atoms with van der Waals surface area (Å²) in [5.74, 6) is 0.676. The molecule has 0 spiro atoms. The highest BCUT2D eigenvalue weighted by atomic mass is 32.1. The fraction of sp³-hybridized carbons (Fsp3) is 0.250. The van der Waals surface area contributed by atoms with Crippen molar-refractivity contribution in [1.82, 2.24) is 23.6 Å². The number of piperazine rings is 1. The number of anilines is 4. The van der Waals surface area contributed by atoms with Gasteiger partial charge in [0.25, 0.3) is 5.56 Å². The zero-order valence-electron chi connectivity index (χ0n) is 24.4. The molecule has 1 aliphatic rings. The van der Waals surface area contributed by atoms with Crippen molar-refractivity contribution in [2.75, 3.05) is 41.7 Å². The first-order valence-electron chi connectivity index (χ1n) is 14.2. The maximum atomic E-state index is 13.3. The van der Waals surface area contributed by atoms with Crippen LogP contribution in [0.25, 0.3) is 11.2 Å². The van der Waals surface area contributed by atoms with Crippen LogP contribution in [0, 0.1) is 6.92 Å². The molecule has 220 valence electrons. The Balaban J connectivity index is 1.19. The summed E-state index contributed by atoms with van der Waals surface area (Å²) in [5, 5.41) is 7.41. The summed E-state index contributed by atoms with van der Waals surface area (Å²) in [6.45, 7) is 5.20. The predicted octanol–water partition coefficient (Wildman–Crippen LogP) is 4.05. The van der Waals surface area contributed by atoms with E-state index in [-0.39, 0.29) is 5.56 Å². The lowest BCUT2D eigenvalue weighted by Crippen LogP contribution is -2.50. The SMILES string of the molecule is Cc1cccc(Cn2c(N3CCN(C(=S)Nc4ccc(Nc5ccccc5)cc4)CC3)nc3c2c(=O)n(C)c(=O)n3C)c1. The number of aryl methyl sites for hydroxylation is 2. The van der Waals surface area contributed by atoms with Gasteiger partial charge in [0.2, 0.25) is 5.95 Å². The molecule has 2 aromatic heterocycles. The number of imidazole rings is 1. The summed E-state index contributed by atoms with van der Waals surface area (Å²) in [6, 6.07) is 26.3. The molecule has 6 rings (SSSR count). The molecule has 43 heavy (non-hydrogen) atoms. The topological polar surface area (TPSA) is 92.4 Å². The smallest absolute Gasteiger partial charge is 0.332 e. The molecule has 0 amide bonds. The van der Waals surface area contributed by atoms with Crippen molar-refractivity contribution < 1.29 is 0 Å². The van der Waals surface area contributed by atoms with Crippen molar-refractivity contribution in [3.8, 4) is 0 Å². The third-order valence-electron chi connectivity index (χ3n) is 7.80. The Labute approximate surface area is 254 Å². The highest BCUT2D eigenvalue weighted by molar-refractivity contribution is 7.80. The van der Waals surface area contributed by atoms with Gasteiger partial charge in [-0.2, -0.15) is 4.98 Å². The zero-order chi connectivity index (χ0) is 30.1. The van der Waals surface area contributed by atoms with Gasteiger partial charge in [-0.15, -0.1) is 0 Å². The van der Waals surface area contributed by atoms with Gasteiger partial charge in [-0.3, -0.25) is 18.5 Å². The van der Waals surface area contributed by atoms with E-state index in [1.807, 2.05) is 84.3 Å². The number of thiocarbonyl (C=S) groups is 1. The minimum Gasteiger partial charge on any atom is -0.356 e. The molecule has 0 bridgehead atoms. The van der Waals surface area contributed by atoms with Crippen LogP contribution >= 0.6 is 12.2 Å². The molecular weight excluding hydrogens is 560 g/mol. The molecule has 0 radical (unpaired) electrons. The van der Waals surface area contributed by atoms with Gasteiger partial charge in [-0.25, -0.2) is 4.79 Å². The average Bonchev–Trinajstić information content (AvgIpc) is 3.39. The second-order valence-corrected chi connectivity index (χ2v) is 11.2. The fourth-order valence-corrected chi connectivity index (χ4v) is 5.76. The van der Waals surface area contributed by atoms with E-state index in [1.54, 1.807) is 7.05 Å². The van der Waals surface area contributed by atoms with E-state index in [9.17, 15) is 9.59 Å². The second kappa shape index (κ2) is 11.8. The highest BCUT2D eigenvalue weighted by Crippen LogP contribution is 2.24. The monoisotopic (exact) mass is 594 g/mol. The van der Waals surface area contributed by atoms with Gasteiger partial charge in [-0.05, 0) is 61.1 Å². The van der Waals surface area contributed by atoms with Crippen molar-refractivity contribution in [1.29, 1.82) is 0 Å². The maximum absolute atomic E-state index is 13.3. The molecule has 1 aliphatic heterocycles. The van der Waals surface area contributed by atoms with Crippen LogP contribution < -0.4 is 26.8 Å². The number of para-hydroxylation sites is 1. The highest BCUT2D eigenvalue weighted by Gasteiger charge is 2.26. The molecule has 3 heterocycles. The van der Waals surface area contributed by atoms with Gasteiger partial charge >= 0.3 is 5.69 Å². The molecule has 0 atom stereocenters. The quantitative estimate of drug-likeness (QED) is 0.285. The molecule has 10 nitrogen and oxygen atoms in total. The number of aromatic nitrogens is 4. The van der Waals surface area contributed by atoms with Crippen LogP contribution in [0.1, 0.15) is 11.1 Å². The zero-order valence-corrected chi connectivity index (χ0v) is 25.3. The lowest BCUT2D eigenvalue weighted by molar-refractivity contribution is 0.386. The van der Waals surface area contributed by atoms with Crippen LogP contribution in [0.5, 0.6) is 0 Å². The molecule has 0 saturated carbocycles. The Morgan fingerprint density at radius 1 is 0.837 bits per heavy atom. The number of nitrogens with zero attached hydrogens (tertiary/aromatic N) is 6. The van der Waals surface area contributed by atoms with E-state index >= 15 is 0 Å². The van der Waals surface area contributed by atoms with Crippen LogP contribution in [0.2, 0.25) is 0 Å². The standard InChI is InChI=1S/C32H34N8O2S/c1-22-8-7-9-23(20-22)21-40-27-28(36(2)32(42)37(3)29(27)41)35-30(40)38-16-18-39(19-17-38)31(43)34-26-14-12-25(13-15-26)33-24-10-5-4-6-11-24/h4-15,20,33H,16-19,21H2,1-3H3,(H,34,43). The Morgan fingerprint density at radius 3 is 2.21 bits per heavy atom. The van der Waals surface area contributed by atoms with Crippen LogP contribution in [0.3, 0.4) is 0 Å². The second-order valence-electron chi connectivity index (χ2n) is 10.8. The van der Waals surface area contributed by atoms with E-state index < -0.39 is 5.69 Å². The molecule has 1 saturated heterocycles. The van der Waals surface area contributed by atoms with Crippen LogP contribution in [0.15, 0.2) is 88.5 Å². The summed E-state index contributed by atoms with van der Waals surface area (Å²) >= 11 is 5.77. The first-order valence-corrected chi connectivity index (χ1v) is 14.6. The van der Waals surface area contributed by atoms with E-state index in [4.69, 9.17) is 17.2 Å². The number of fused-ring (bicyclic) bond motifs is 1. The third kappa shape index (κ3) is 5.76. The van der Waals surface area contributed by atoms with Crippen molar-refractivity contribution in [2.45, 2.75) is 13.5 Å². The first-order chi connectivity index (χ1) is 20.8. The van der Waals surface area contributed by atoms with Gasteiger partial charge in [0, 0.05) is 57.3 Å². The largest absolute Gasteiger partial charge is 0.356 e. The Kier molecular flexibility index (Phi) is 7.73. The van der Waals surface area contributed by atoms with Gasteiger partial charge < -0.3 is 20.4 Å². The number of benzene rings is 3. The number of rotatable bonds is 6. The molecule has 2 N–H and O–H groups in total. The normalized spacial score (nSPS) is 13.4. The summed E-state index contributed by atoms with van der Waals surface area (Å²) in [6.07, 6.45) is 0. The van der Waals surface area contributed by atoms with Gasteiger partial charge in [-0.1, -0.05) is 48.0 Å². The minimum atomic E-state index is -0.394. The Morgan fingerprint density at radius 2 is 1.51 bits per heavy atom. The van der Waals surface area contributed by atoms with E-state index in [0.717, 1.165) is 32.8 Å². The predicted molar refractivity (Wildman–Crippen MR) is 177 cm³/mol. The van der Waals surface area contributed by atoms with Crippen LogP contribution in [-0.4, -0.2) is 54.9 Å². The van der Waals surface area contributed by atoms with Gasteiger partial charge in [0.05, 0.1) is 6.54 Å². The Bertz CT molecular complexity index is 1900. The fourth-order valence-electron chi connectivity index (χ4n) is 5.46. The minimum absolute atomic E-state index is 0.349. The van der Waals surface area contributed by atoms with Crippen molar-refractivity contribution in [2.24, 2.45) is 14.1 Å². The molecule has 11 heteroatoms. The van der Waals surface area contributed by atoms with Crippen LogP contribution in [0.4, 0.5) is 23.0 Å². The van der Waals surface area contributed by atoms with Crippen molar-refractivity contribution in [3.05, 3.63) is 111 Å². The molecule has 3 aromatic carbocycles. The molecule has 5 aromatic rings. The molecular formula is C32H34N8O2S. The van der Waals surface area contributed by atoms with Gasteiger partial charge in [0.15, 0.2) is 16.3 Å². The number of hydrogen-bond donors (Lipinski definition) is 2. The van der Waals surface area contributed by atoms with E-state index in [1.165, 1.54) is 11.6 Å². The molecule has 0 unspecified atom stereocenters. The summed E-state index contributed by atoms with van der Waals surface area (Å²) < 4.78 is 4.54. The average molecular weight is 595 g/mol. The van der Waals surface area contributed by atoms with E-state index in [2.05, 4.69) is 26.5 Å². The maximum Gasteiger partial charge on any atom is 0.332 e. The van der Waals surface area contributed by atoms with Crippen molar-refractivity contribution in [3.63, 3.8) is 0 Å². The third-order valence-corrected chi connectivity index (χ3v) is 8.16. The molecule has 0 aliphatic carbocycles. The number of nitrogens with one attached hydrogen (secondary N) is 2. The lowest BCUT2D eigenvalue weighted by Gasteiger charge is -2.36. The summed E-state index contributed by atoms with van der Waals surface area (Å²) in [4.78, 5) is 35.2.